The van der Waals surface area contributed by atoms with Crippen LogP contribution in [0.5, 0.6) is 0 Å². The van der Waals surface area contributed by atoms with Gasteiger partial charge < -0.3 is 14.6 Å². The zero-order valence-electron chi connectivity index (χ0n) is 15.9. The van der Waals surface area contributed by atoms with Gasteiger partial charge in [-0.15, -0.1) is 0 Å². The minimum Gasteiger partial charge on any atom is -0.376 e. The maximum atomic E-state index is 13.0. The first-order valence-electron chi connectivity index (χ1n) is 9.75. The number of benzene rings is 1. The summed E-state index contributed by atoms with van der Waals surface area (Å²) < 4.78 is 8.83. The SMILES string of the molecule is CCCn1cc(C(=O)NCC2CCCO2)c2nn(-c3ccccc3)c(=O)c-2c1. The van der Waals surface area contributed by atoms with E-state index in [0.29, 0.717) is 29.1 Å². The second-order valence-corrected chi connectivity index (χ2v) is 7.07. The Balaban J connectivity index is 1.73. The van der Waals surface area contributed by atoms with Crippen LogP contribution in [-0.4, -0.2) is 39.5 Å². The largest absolute Gasteiger partial charge is 0.376 e. The van der Waals surface area contributed by atoms with Crippen molar-refractivity contribution >= 4 is 5.91 Å². The average Bonchev–Trinajstić information content (AvgIpc) is 3.35. The fraction of sp³-hybridized carbons (Fsp3) is 0.381. The van der Waals surface area contributed by atoms with Crippen LogP contribution in [-0.2, 0) is 11.3 Å². The van der Waals surface area contributed by atoms with E-state index in [2.05, 4.69) is 17.3 Å². The normalized spacial score (nSPS) is 16.5. The summed E-state index contributed by atoms with van der Waals surface area (Å²) in [7, 11) is 0. The molecule has 28 heavy (non-hydrogen) atoms. The Morgan fingerprint density at radius 3 is 2.82 bits per heavy atom. The fourth-order valence-corrected chi connectivity index (χ4v) is 3.56. The predicted molar refractivity (Wildman–Crippen MR) is 106 cm³/mol. The number of nitrogens with zero attached hydrogens (tertiary/aromatic N) is 3. The third kappa shape index (κ3) is 3.57. The quantitative estimate of drug-likeness (QED) is 0.713. The van der Waals surface area contributed by atoms with E-state index in [9.17, 15) is 9.59 Å². The van der Waals surface area contributed by atoms with Crippen LogP contribution < -0.4 is 10.9 Å². The summed E-state index contributed by atoms with van der Waals surface area (Å²) in [5, 5.41) is 7.43. The topological polar surface area (TPSA) is 78.2 Å². The molecule has 0 aromatic heterocycles. The molecule has 146 valence electrons. The summed E-state index contributed by atoms with van der Waals surface area (Å²) in [5.41, 5.74) is 1.74. The predicted octanol–water partition coefficient (Wildman–Crippen LogP) is 2.46. The third-order valence-corrected chi connectivity index (χ3v) is 4.96. The van der Waals surface area contributed by atoms with Crippen molar-refractivity contribution in [1.82, 2.24) is 19.7 Å². The molecule has 1 N–H and O–H groups in total. The van der Waals surface area contributed by atoms with Gasteiger partial charge in [-0.1, -0.05) is 25.1 Å². The Hall–Kier alpha value is -2.93. The standard InChI is InChI=1S/C21H24N4O3/c1-2-10-24-13-17(20(26)22-12-16-9-6-11-28-16)19-18(14-24)21(27)25(23-19)15-7-4-3-5-8-15/h3-5,7-8,13-14,16H,2,6,9-12H2,1H3,(H,22,26). The van der Waals surface area contributed by atoms with Gasteiger partial charge in [0.2, 0.25) is 0 Å². The smallest absolute Gasteiger partial charge is 0.282 e. The van der Waals surface area contributed by atoms with Crippen LogP contribution >= 0.6 is 0 Å². The Morgan fingerprint density at radius 2 is 2.11 bits per heavy atom. The van der Waals surface area contributed by atoms with Gasteiger partial charge >= 0.3 is 0 Å². The Bertz CT molecular complexity index is 987. The second-order valence-electron chi connectivity index (χ2n) is 7.07. The number of hydrogen-bond donors (Lipinski definition) is 1. The van der Waals surface area contributed by atoms with E-state index in [0.717, 1.165) is 32.4 Å². The summed E-state index contributed by atoms with van der Waals surface area (Å²) in [4.78, 5) is 25.9. The zero-order valence-corrected chi connectivity index (χ0v) is 15.9. The van der Waals surface area contributed by atoms with Gasteiger partial charge in [0.25, 0.3) is 11.5 Å². The molecule has 1 fully saturated rings. The van der Waals surface area contributed by atoms with Crippen molar-refractivity contribution < 1.29 is 9.53 Å². The Labute approximate surface area is 163 Å². The van der Waals surface area contributed by atoms with Crippen molar-refractivity contribution in [3.8, 4) is 16.9 Å². The highest BCUT2D eigenvalue weighted by Crippen LogP contribution is 2.22. The van der Waals surface area contributed by atoms with Crippen molar-refractivity contribution in [2.75, 3.05) is 13.2 Å². The molecule has 7 nitrogen and oxygen atoms in total. The first kappa shape index (κ1) is 18.4. The van der Waals surface area contributed by atoms with E-state index in [4.69, 9.17) is 4.74 Å². The Kier molecular flexibility index (Phi) is 5.25. The van der Waals surface area contributed by atoms with Crippen molar-refractivity contribution in [2.45, 2.75) is 38.8 Å². The van der Waals surface area contributed by atoms with Gasteiger partial charge in [-0.05, 0) is 31.4 Å². The van der Waals surface area contributed by atoms with Crippen LogP contribution in [0.1, 0.15) is 36.5 Å². The summed E-state index contributed by atoms with van der Waals surface area (Å²) in [6, 6.07) is 9.24. The summed E-state index contributed by atoms with van der Waals surface area (Å²) >= 11 is 0. The van der Waals surface area contributed by atoms with E-state index >= 15 is 0 Å². The van der Waals surface area contributed by atoms with Crippen molar-refractivity contribution in [2.24, 2.45) is 0 Å². The summed E-state index contributed by atoms with van der Waals surface area (Å²) in [5.74, 6) is -0.233. The van der Waals surface area contributed by atoms with Crippen molar-refractivity contribution in [3.63, 3.8) is 0 Å². The highest BCUT2D eigenvalue weighted by molar-refractivity contribution is 5.99. The molecule has 0 aliphatic carbocycles. The second kappa shape index (κ2) is 7.98. The monoisotopic (exact) mass is 380 g/mol. The van der Waals surface area contributed by atoms with Gasteiger partial charge in [-0.25, -0.2) is 0 Å². The molecule has 1 aromatic carbocycles. The van der Waals surface area contributed by atoms with Gasteiger partial charge in [0.15, 0.2) is 0 Å². The minimum absolute atomic E-state index is 0.0582. The lowest BCUT2D eigenvalue weighted by Crippen LogP contribution is -2.32. The minimum atomic E-state index is -0.233. The maximum Gasteiger partial charge on any atom is 0.282 e. The molecule has 4 rings (SSSR count). The lowest BCUT2D eigenvalue weighted by molar-refractivity contribution is 0.0857. The molecule has 7 heteroatoms. The van der Waals surface area contributed by atoms with E-state index in [-0.39, 0.29) is 17.6 Å². The van der Waals surface area contributed by atoms with Crippen LogP contribution in [0.4, 0.5) is 0 Å². The molecule has 0 spiro atoms. The number of aryl methyl sites for hydroxylation is 1. The molecule has 1 aromatic rings. The molecule has 1 amide bonds. The first-order valence-corrected chi connectivity index (χ1v) is 9.75. The molecule has 1 unspecified atom stereocenters. The van der Waals surface area contributed by atoms with E-state index in [1.165, 1.54) is 4.68 Å². The van der Waals surface area contributed by atoms with Crippen LogP contribution in [0.15, 0.2) is 47.5 Å². The molecule has 1 atom stereocenters. The number of carbonyl (C=O) groups excluding carboxylic acids is 1. The molecule has 3 heterocycles. The van der Waals surface area contributed by atoms with Crippen LogP contribution in [0.2, 0.25) is 0 Å². The molecule has 0 saturated carbocycles. The number of fused-ring (bicyclic) bond motifs is 1. The number of rotatable bonds is 6. The van der Waals surface area contributed by atoms with Gasteiger partial charge in [-0.3, -0.25) is 9.59 Å². The van der Waals surface area contributed by atoms with Gasteiger partial charge in [0.05, 0.1) is 22.9 Å². The lowest BCUT2D eigenvalue weighted by Gasteiger charge is -2.14. The number of aromatic nitrogens is 3. The number of pyridine rings is 1. The summed E-state index contributed by atoms with van der Waals surface area (Å²) in [6.45, 7) is 3.98. The average molecular weight is 380 g/mol. The van der Waals surface area contributed by atoms with Crippen LogP contribution in [0.25, 0.3) is 16.9 Å². The molecular formula is C21H24N4O3. The highest BCUT2D eigenvalue weighted by Gasteiger charge is 2.25. The maximum absolute atomic E-state index is 13.0. The number of carbonyl (C=O) groups is 1. The molecular weight excluding hydrogens is 356 g/mol. The Morgan fingerprint density at radius 1 is 1.29 bits per heavy atom. The lowest BCUT2D eigenvalue weighted by atomic mass is 10.1. The number of para-hydroxylation sites is 1. The highest BCUT2D eigenvalue weighted by atomic mass is 16.5. The summed E-state index contributed by atoms with van der Waals surface area (Å²) in [6.07, 6.45) is 6.49. The first-order chi connectivity index (χ1) is 13.7. The van der Waals surface area contributed by atoms with Gasteiger partial charge in [0, 0.05) is 32.1 Å². The number of nitrogens with one attached hydrogen (secondary N) is 1. The van der Waals surface area contributed by atoms with Crippen molar-refractivity contribution in [1.29, 1.82) is 0 Å². The molecule has 0 radical (unpaired) electrons. The van der Waals surface area contributed by atoms with Gasteiger partial charge in [-0.2, -0.15) is 9.78 Å². The van der Waals surface area contributed by atoms with E-state index in [1.54, 1.807) is 12.4 Å². The van der Waals surface area contributed by atoms with E-state index < -0.39 is 0 Å². The molecule has 3 aliphatic heterocycles. The van der Waals surface area contributed by atoms with Crippen LogP contribution in [0.3, 0.4) is 0 Å². The number of amides is 1. The molecule has 3 aliphatic rings. The van der Waals surface area contributed by atoms with Crippen LogP contribution in [0, 0.1) is 0 Å². The molecule has 1 saturated heterocycles. The fourth-order valence-electron chi connectivity index (χ4n) is 3.56. The van der Waals surface area contributed by atoms with E-state index in [1.807, 2.05) is 34.9 Å². The third-order valence-electron chi connectivity index (χ3n) is 4.96. The zero-order chi connectivity index (χ0) is 19.5. The number of ether oxygens (including phenoxy) is 1. The van der Waals surface area contributed by atoms with Gasteiger partial charge in [0.1, 0.15) is 5.69 Å². The molecule has 0 bridgehead atoms. The number of hydrogen-bond acceptors (Lipinski definition) is 4. The van der Waals surface area contributed by atoms with Crippen molar-refractivity contribution in [3.05, 3.63) is 58.6 Å².